The molecule has 2 aliphatic rings. The molecule has 0 unspecified atom stereocenters. The van der Waals surface area contributed by atoms with Gasteiger partial charge < -0.3 is 25.8 Å². The zero-order chi connectivity index (χ0) is 46.3. The third-order valence-corrected chi connectivity index (χ3v) is 12.7. The first-order valence-electron chi connectivity index (χ1n) is 22.2. The molecular formula is C54H53N3O8S. The Morgan fingerprint density at radius 1 is 0.652 bits per heavy atom. The molecule has 1 aromatic heterocycles. The number of hydrogen-bond donors (Lipinski definition) is 4. The Bertz CT molecular complexity index is 2550. The van der Waals surface area contributed by atoms with Gasteiger partial charge >= 0.3 is 5.97 Å². The fourth-order valence-corrected chi connectivity index (χ4v) is 8.94. The van der Waals surface area contributed by atoms with Crippen LogP contribution in [-0.2, 0) is 60.9 Å². The van der Waals surface area contributed by atoms with Gasteiger partial charge in [0.15, 0.2) is 11.6 Å². The summed E-state index contributed by atoms with van der Waals surface area (Å²) in [6.45, 7) is -0.300. The standard InChI is InChI=1S/C54H53N3O8S/c58-44-32-43(33-46-17-10-28-66-46)52(61)56-48(30-39-18-23-41(24-19-39)40-15-8-3-9-16-40)53(62)55-47(27-22-36-11-4-1-5-12-36)50(59)34-42(29-38-20-25-45(26-21-38)65-35-44)51(60)57-49(54(63)64)31-37-13-6-2-7-14-37/h1-21,23-26,28,42-43,47-49H,22,27,29-35H2,(H,55,62)(H,56,61)(H,57,60)(H,63,64)/t42-,43+,47+,48-,49+/m1/s1. The number of ketones is 2. The summed E-state index contributed by atoms with van der Waals surface area (Å²) in [7, 11) is 0. The van der Waals surface area contributed by atoms with Gasteiger partial charge in [-0.1, -0.05) is 133 Å². The second-order valence-electron chi connectivity index (χ2n) is 16.7. The van der Waals surface area contributed by atoms with Crippen LogP contribution in [0.15, 0.2) is 157 Å². The molecule has 5 aromatic carbocycles. The van der Waals surface area contributed by atoms with Crippen molar-refractivity contribution in [3.63, 3.8) is 0 Å². The third-order valence-electron chi connectivity index (χ3n) is 11.8. The molecule has 5 atom stereocenters. The number of carbonyl (C=O) groups is 6. The molecule has 3 amide bonds. The minimum absolute atomic E-state index is 0.0272. The Balaban J connectivity index is 1.22. The van der Waals surface area contributed by atoms with Gasteiger partial charge in [0.25, 0.3) is 0 Å². The van der Waals surface area contributed by atoms with Gasteiger partial charge in [-0.3, -0.25) is 24.0 Å². The molecule has 0 fully saturated rings. The second kappa shape index (κ2) is 23.1. The highest BCUT2D eigenvalue weighted by Gasteiger charge is 2.34. The van der Waals surface area contributed by atoms with Gasteiger partial charge in [0, 0.05) is 42.4 Å². The minimum Gasteiger partial charge on any atom is -0.486 e. The molecule has 2 bridgehead atoms. The molecule has 0 saturated carbocycles. The van der Waals surface area contributed by atoms with E-state index in [9.17, 15) is 33.9 Å². The number of Topliss-reactive ketones (excluding diaryl/α,β-unsaturated/α-hetero) is 2. The zero-order valence-corrected chi connectivity index (χ0v) is 37.3. The van der Waals surface area contributed by atoms with E-state index in [1.807, 2.05) is 109 Å². The highest BCUT2D eigenvalue weighted by atomic mass is 32.1. The van der Waals surface area contributed by atoms with Crippen molar-refractivity contribution >= 4 is 46.6 Å². The van der Waals surface area contributed by atoms with E-state index in [1.165, 1.54) is 11.3 Å². The molecule has 0 radical (unpaired) electrons. The molecule has 4 N–H and O–H groups in total. The van der Waals surface area contributed by atoms with Gasteiger partial charge in [-0.15, -0.1) is 11.3 Å². The lowest BCUT2D eigenvalue weighted by Crippen LogP contribution is -2.54. The number of nitrogens with one attached hydrogen (secondary N) is 3. The van der Waals surface area contributed by atoms with Crippen molar-refractivity contribution in [2.24, 2.45) is 11.8 Å². The van der Waals surface area contributed by atoms with Gasteiger partial charge in [-0.25, -0.2) is 4.79 Å². The molecule has 12 heteroatoms. The van der Waals surface area contributed by atoms with Crippen molar-refractivity contribution in [2.75, 3.05) is 6.61 Å². The van der Waals surface area contributed by atoms with Crippen LogP contribution in [0.4, 0.5) is 0 Å². The molecular weight excluding hydrogens is 851 g/mol. The van der Waals surface area contributed by atoms with Gasteiger partial charge in [0.1, 0.15) is 24.4 Å². The van der Waals surface area contributed by atoms with E-state index >= 15 is 0 Å². The first-order valence-corrected chi connectivity index (χ1v) is 23.1. The predicted molar refractivity (Wildman–Crippen MR) is 254 cm³/mol. The Kier molecular flexibility index (Phi) is 16.4. The van der Waals surface area contributed by atoms with Crippen molar-refractivity contribution in [3.05, 3.63) is 184 Å². The summed E-state index contributed by atoms with van der Waals surface area (Å²) in [5.41, 5.74) is 5.06. The summed E-state index contributed by atoms with van der Waals surface area (Å²) in [4.78, 5) is 85.0. The van der Waals surface area contributed by atoms with Crippen LogP contribution in [0.5, 0.6) is 5.75 Å². The maximum Gasteiger partial charge on any atom is 0.326 e. The number of benzene rings is 5. The lowest BCUT2D eigenvalue weighted by Gasteiger charge is -2.26. The molecule has 11 nitrogen and oxygen atoms in total. The van der Waals surface area contributed by atoms with E-state index in [0.717, 1.165) is 27.1 Å². The molecule has 8 rings (SSSR count). The van der Waals surface area contributed by atoms with Crippen molar-refractivity contribution in [1.82, 2.24) is 16.0 Å². The smallest absolute Gasteiger partial charge is 0.326 e. The third kappa shape index (κ3) is 13.7. The first kappa shape index (κ1) is 46.8. The van der Waals surface area contributed by atoms with Crippen molar-refractivity contribution in [3.8, 4) is 16.9 Å². The molecule has 338 valence electrons. The van der Waals surface area contributed by atoms with E-state index in [2.05, 4.69) is 16.0 Å². The average molecular weight is 904 g/mol. The van der Waals surface area contributed by atoms with Crippen LogP contribution in [0.3, 0.4) is 0 Å². The minimum atomic E-state index is -1.27. The summed E-state index contributed by atoms with van der Waals surface area (Å²) < 4.78 is 5.88. The quantitative estimate of drug-likeness (QED) is 0.0931. The van der Waals surface area contributed by atoms with E-state index in [4.69, 9.17) is 4.74 Å². The van der Waals surface area contributed by atoms with Crippen molar-refractivity contribution in [1.29, 1.82) is 0 Å². The molecule has 2 aliphatic heterocycles. The average Bonchev–Trinajstić information content (AvgIpc) is 3.85. The van der Waals surface area contributed by atoms with Crippen LogP contribution in [0.2, 0.25) is 0 Å². The number of carbonyl (C=O) groups excluding carboxylic acids is 5. The molecule has 3 heterocycles. The Morgan fingerprint density at radius 2 is 1.29 bits per heavy atom. The summed E-state index contributed by atoms with van der Waals surface area (Å²) in [6.07, 6.45) is 0.566. The number of carboxylic acid groups (broad SMARTS) is 1. The summed E-state index contributed by atoms with van der Waals surface area (Å²) in [6, 6.07) is 43.1. The van der Waals surface area contributed by atoms with Crippen LogP contribution >= 0.6 is 11.3 Å². The molecule has 0 aliphatic carbocycles. The van der Waals surface area contributed by atoms with E-state index in [0.29, 0.717) is 23.3 Å². The van der Waals surface area contributed by atoms with Crippen molar-refractivity contribution in [2.45, 2.75) is 69.5 Å². The highest BCUT2D eigenvalue weighted by molar-refractivity contribution is 7.09. The predicted octanol–water partition coefficient (Wildman–Crippen LogP) is 7.40. The molecule has 6 aromatic rings. The van der Waals surface area contributed by atoms with Crippen LogP contribution in [0, 0.1) is 11.8 Å². The number of aliphatic carboxylic acids is 1. The van der Waals surface area contributed by atoms with Gasteiger partial charge in [-0.2, -0.15) is 0 Å². The van der Waals surface area contributed by atoms with E-state index < -0.39 is 59.4 Å². The maximum atomic E-state index is 14.7. The van der Waals surface area contributed by atoms with Crippen LogP contribution in [0.1, 0.15) is 46.4 Å². The first-order chi connectivity index (χ1) is 32.1. The molecule has 0 saturated heterocycles. The lowest BCUT2D eigenvalue weighted by atomic mass is 9.89. The van der Waals surface area contributed by atoms with Gasteiger partial charge in [-0.05, 0) is 82.6 Å². The van der Waals surface area contributed by atoms with Gasteiger partial charge in [0.05, 0.1) is 6.04 Å². The topological polar surface area (TPSA) is 168 Å². The highest BCUT2D eigenvalue weighted by Crippen LogP contribution is 2.24. The van der Waals surface area contributed by atoms with Crippen LogP contribution in [0.25, 0.3) is 11.1 Å². The van der Waals surface area contributed by atoms with E-state index in [1.54, 1.807) is 48.5 Å². The van der Waals surface area contributed by atoms with E-state index in [-0.39, 0.29) is 57.3 Å². The van der Waals surface area contributed by atoms with Crippen LogP contribution in [-0.4, -0.2) is 65.1 Å². The summed E-state index contributed by atoms with van der Waals surface area (Å²) >= 11 is 1.47. The number of rotatable bonds is 13. The van der Waals surface area contributed by atoms with Crippen LogP contribution < -0.4 is 20.7 Å². The zero-order valence-electron chi connectivity index (χ0n) is 36.5. The maximum absolute atomic E-state index is 14.7. The number of carboxylic acids is 1. The molecule has 0 spiro atoms. The SMILES string of the molecule is O=C1COc2ccc(cc2)C[C@@H](C(=O)N[C@@H](Cc2ccccc2)C(=O)O)CC(=O)[C@H](CCc2ccccc2)NC(=O)[C@@H](Cc2ccc(-c3ccccc3)cc2)NC(=O)[C@H](Cc2cccs2)C1. The Morgan fingerprint density at radius 3 is 1.94 bits per heavy atom. The Labute approximate surface area is 388 Å². The fraction of sp³-hybridized carbons (Fsp3) is 0.259. The van der Waals surface area contributed by atoms with Gasteiger partial charge in [0.2, 0.25) is 17.7 Å². The largest absolute Gasteiger partial charge is 0.486 e. The number of thiophene rings is 1. The number of amides is 3. The number of hydrogen-bond acceptors (Lipinski definition) is 8. The number of ether oxygens (including phenoxy) is 1. The lowest BCUT2D eigenvalue weighted by molar-refractivity contribution is -0.142. The monoisotopic (exact) mass is 903 g/mol. The Hall–Kier alpha value is -7.18. The normalized spacial score (nSPS) is 19.0. The molecule has 66 heavy (non-hydrogen) atoms. The fourth-order valence-electron chi connectivity index (χ4n) is 8.16. The summed E-state index contributed by atoms with van der Waals surface area (Å²) in [5, 5.41) is 20.7. The summed E-state index contributed by atoms with van der Waals surface area (Å²) in [5.74, 6) is -5.14. The van der Waals surface area contributed by atoms with Crippen molar-refractivity contribution < 1.29 is 38.6 Å². The second-order valence-corrected chi connectivity index (χ2v) is 17.8. The number of aryl methyl sites for hydroxylation is 1. The number of fused-ring (bicyclic) bond motifs is 16.